The molecule has 0 aromatic heterocycles. The van der Waals surface area contributed by atoms with Crippen LogP contribution in [0.15, 0.2) is 0 Å². The second-order valence-electron chi connectivity index (χ2n) is 0. The van der Waals surface area contributed by atoms with Crippen molar-refractivity contribution in [2.45, 2.75) is 0 Å². The summed E-state index contributed by atoms with van der Waals surface area (Å²) in [5.41, 5.74) is 0. The van der Waals surface area contributed by atoms with Crippen LogP contribution in [-0.4, -0.2) is 24.4 Å². The van der Waals surface area contributed by atoms with Gasteiger partial charge in [0.05, 0.1) is 0 Å². The third-order valence-electron chi connectivity index (χ3n) is 0. The zero-order valence-electron chi connectivity index (χ0n) is 2.53. The average Bonchev–Trinajstić information content (AvgIpc) is 0. The summed E-state index contributed by atoms with van der Waals surface area (Å²) >= 11 is 0. The summed E-state index contributed by atoms with van der Waals surface area (Å²) in [6, 6.07) is 0. The van der Waals surface area contributed by atoms with Crippen molar-refractivity contribution in [2.24, 2.45) is 0 Å². The largest absolute Gasteiger partial charge is 5.00 e. The topological polar surface area (TPSA) is 114 Å². The number of rotatable bonds is 0. The van der Waals surface area contributed by atoms with Gasteiger partial charge in [0.1, 0.15) is 0 Å². The summed E-state index contributed by atoms with van der Waals surface area (Å²) in [6.07, 6.45) is 0. The first kappa shape index (κ1) is 155. The Morgan fingerprint density at radius 2 is 0.500 bits per heavy atom. The first-order valence-corrected chi connectivity index (χ1v) is 0. The molecule has 0 amide bonds. The van der Waals surface area contributed by atoms with Gasteiger partial charge in [0, 0.05) is 0 Å². The second kappa shape index (κ2) is 95.4. The average molecular weight is 279 g/mol. The minimum Gasteiger partial charge on any atom is -2.00 e. The number of hydrogen-bond donors (Lipinski definition) is 0. The van der Waals surface area contributed by atoms with Gasteiger partial charge >= 0.3 is 46.8 Å². The van der Waals surface area contributed by atoms with Crippen LogP contribution >= 0.6 is 0 Å². The van der Waals surface area contributed by atoms with Crippen molar-refractivity contribution in [3.63, 3.8) is 0 Å². The van der Waals surface area contributed by atoms with Gasteiger partial charge in [0.25, 0.3) is 0 Å². The van der Waals surface area contributed by atoms with E-state index < -0.39 is 0 Å². The summed E-state index contributed by atoms with van der Waals surface area (Å²) in [7, 11) is 0. The third kappa shape index (κ3) is 53.4. The van der Waals surface area contributed by atoms with Crippen LogP contribution in [0.4, 0.5) is 0 Å². The van der Waals surface area contributed by atoms with Crippen LogP contribution in [0.3, 0.4) is 0 Å². The first-order chi connectivity index (χ1) is 0. The van der Waals surface area contributed by atoms with E-state index >= 15 is 0 Å². The molecule has 34 valence electrons. The molecule has 0 fully saturated rings. The zero-order chi connectivity index (χ0) is 0. The zero-order valence-corrected chi connectivity index (χ0v) is 7.28. The molecule has 0 saturated carbocycles. The molecular formula is NbO4Sb. The molecule has 0 spiro atoms. The Morgan fingerprint density at radius 3 is 0.500 bits per heavy atom. The Kier molecular flexibility index (Phi) is 2460. The van der Waals surface area contributed by atoms with E-state index in [1.54, 1.807) is 0 Å². The van der Waals surface area contributed by atoms with Crippen LogP contribution in [0.5, 0.6) is 0 Å². The van der Waals surface area contributed by atoms with E-state index in [0.29, 0.717) is 0 Å². The van der Waals surface area contributed by atoms with Crippen molar-refractivity contribution in [3.05, 3.63) is 0 Å². The predicted octanol–water partition coefficient (Wildman–Crippen LogP) is -0.859. The van der Waals surface area contributed by atoms with Gasteiger partial charge in [-0.05, 0) is 0 Å². The van der Waals surface area contributed by atoms with Gasteiger partial charge in [-0.25, -0.2) is 0 Å². The van der Waals surface area contributed by atoms with E-state index in [-0.39, 0.29) is 68.7 Å². The molecule has 0 aromatic rings. The fraction of sp³-hybridized carbons (Fsp3) is 0. The maximum atomic E-state index is 0. The molecule has 0 atom stereocenters. The predicted molar refractivity (Wildman–Crippen MR) is 8.50 cm³/mol. The third-order valence-corrected chi connectivity index (χ3v) is 0. The van der Waals surface area contributed by atoms with E-state index in [9.17, 15) is 0 Å². The van der Waals surface area contributed by atoms with E-state index in [2.05, 4.69) is 0 Å². The van der Waals surface area contributed by atoms with Crippen LogP contribution < -0.4 is 0 Å². The molecule has 0 heterocycles. The Labute approximate surface area is 68.5 Å². The number of hydrogen-bond acceptors (Lipinski definition) is 0. The van der Waals surface area contributed by atoms with Crippen molar-refractivity contribution in [1.29, 1.82) is 0 Å². The van der Waals surface area contributed by atoms with Crippen LogP contribution in [0, 0.1) is 0 Å². The minimum absolute atomic E-state index is 0. The maximum absolute atomic E-state index is 0. The van der Waals surface area contributed by atoms with Crippen molar-refractivity contribution >= 4 is 24.4 Å². The Bertz CT molecular complexity index is 7.51. The molecule has 2 radical (unpaired) electrons. The first-order valence-electron chi connectivity index (χ1n) is 0. The molecule has 6 heavy (non-hydrogen) atoms. The fourth-order valence-corrected chi connectivity index (χ4v) is 0. The smallest absolute Gasteiger partial charge is 2.00 e. The van der Waals surface area contributed by atoms with Gasteiger partial charge in [-0.15, -0.1) is 0 Å². The van der Waals surface area contributed by atoms with Gasteiger partial charge in [-0.1, -0.05) is 0 Å². The van der Waals surface area contributed by atoms with E-state index in [4.69, 9.17) is 0 Å². The minimum atomic E-state index is 0. The van der Waals surface area contributed by atoms with Gasteiger partial charge in [-0.3, -0.25) is 0 Å². The van der Waals surface area contributed by atoms with Gasteiger partial charge in [-0.2, -0.15) is 0 Å². The molecule has 0 rings (SSSR count). The molecule has 0 unspecified atom stereocenters. The molecule has 6 heteroatoms. The van der Waals surface area contributed by atoms with E-state index in [1.807, 2.05) is 0 Å². The van der Waals surface area contributed by atoms with E-state index in [1.165, 1.54) is 0 Å². The molecule has 0 N–H and O–H groups in total. The Balaban J connectivity index is 0. The summed E-state index contributed by atoms with van der Waals surface area (Å²) in [5, 5.41) is 0. The van der Waals surface area contributed by atoms with Crippen LogP contribution in [0.25, 0.3) is 0 Å². The summed E-state index contributed by atoms with van der Waals surface area (Å²) in [5.74, 6) is 0. The molecule has 4 nitrogen and oxygen atoms in total. The molecule has 0 aromatic carbocycles. The molecule has 0 aliphatic carbocycles. The monoisotopic (exact) mass is 278 g/mol. The molecule has 0 saturated heterocycles. The maximum Gasteiger partial charge on any atom is 5.00 e. The van der Waals surface area contributed by atoms with Crippen molar-refractivity contribution < 1.29 is 44.3 Å². The van der Waals surface area contributed by atoms with Crippen LogP contribution in [-0.2, 0) is 44.3 Å². The van der Waals surface area contributed by atoms with Crippen LogP contribution in [0.2, 0.25) is 0 Å². The Hall–Kier alpha value is 1.40. The SMILES string of the molecule is [Nb+5].[O-2].[O-2].[O-2].[O-2].[Sb+3]. The van der Waals surface area contributed by atoms with Crippen molar-refractivity contribution in [1.82, 2.24) is 0 Å². The Morgan fingerprint density at radius 1 is 0.500 bits per heavy atom. The van der Waals surface area contributed by atoms with Gasteiger partial charge in [0.2, 0.25) is 0 Å². The summed E-state index contributed by atoms with van der Waals surface area (Å²) in [4.78, 5) is 0. The normalized spacial score (nSPS) is 0. The molecule has 0 bridgehead atoms. The second-order valence-corrected chi connectivity index (χ2v) is 0. The quantitative estimate of drug-likeness (QED) is 0.513. The van der Waals surface area contributed by atoms with Crippen LogP contribution in [0.1, 0.15) is 0 Å². The standard InChI is InChI=1S/Nb.4O.Sb/q+5;4*-2;+3. The van der Waals surface area contributed by atoms with Gasteiger partial charge < -0.3 is 21.9 Å². The summed E-state index contributed by atoms with van der Waals surface area (Å²) < 4.78 is 0. The van der Waals surface area contributed by atoms with Crippen molar-refractivity contribution in [2.75, 3.05) is 0 Å². The van der Waals surface area contributed by atoms with E-state index in [0.717, 1.165) is 0 Å². The summed E-state index contributed by atoms with van der Waals surface area (Å²) in [6.45, 7) is 0. The van der Waals surface area contributed by atoms with Crippen molar-refractivity contribution in [3.8, 4) is 0 Å². The molecule has 0 aliphatic heterocycles. The molecular weight excluding hydrogens is 279 g/mol. The molecule has 0 aliphatic rings. The van der Waals surface area contributed by atoms with Gasteiger partial charge in [0.15, 0.2) is 0 Å². The fourth-order valence-electron chi connectivity index (χ4n) is 0.